The molecule has 26 heavy (non-hydrogen) atoms. The highest BCUT2D eigenvalue weighted by Crippen LogP contribution is 2.25. The molecule has 1 unspecified atom stereocenters. The SMILES string of the molecule is COc1ccccc1CC(=O)NC(c1ccccc1)c1cccc(Cl)c1. The number of para-hydroxylation sites is 1. The second kappa shape index (κ2) is 8.54. The largest absolute Gasteiger partial charge is 0.496 e. The molecule has 0 saturated heterocycles. The van der Waals surface area contributed by atoms with Crippen molar-refractivity contribution in [3.8, 4) is 5.75 Å². The number of carbonyl (C=O) groups is 1. The van der Waals surface area contributed by atoms with Gasteiger partial charge in [0.1, 0.15) is 5.75 Å². The Kier molecular flexibility index (Phi) is 5.92. The standard InChI is InChI=1S/C22H20ClNO2/c1-26-20-13-6-5-10-17(20)15-21(25)24-22(16-8-3-2-4-9-16)18-11-7-12-19(23)14-18/h2-14,22H,15H2,1H3,(H,24,25). The summed E-state index contributed by atoms with van der Waals surface area (Å²) in [5.74, 6) is 0.630. The Hall–Kier alpha value is -2.78. The maximum atomic E-state index is 12.7. The molecule has 0 aliphatic carbocycles. The van der Waals surface area contributed by atoms with Crippen molar-refractivity contribution in [1.29, 1.82) is 0 Å². The van der Waals surface area contributed by atoms with Crippen molar-refractivity contribution in [1.82, 2.24) is 5.32 Å². The molecule has 1 amide bonds. The van der Waals surface area contributed by atoms with E-state index in [2.05, 4.69) is 5.32 Å². The predicted molar refractivity (Wildman–Crippen MR) is 105 cm³/mol. The fourth-order valence-corrected chi connectivity index (χ4v) is 3.12. The first-order chi connectivity index (χ1) is 12.7. The van der Waals surface area contributed by atoms with E-state index in [9.17, 15) is 4.79 Å². The second-order valence-electron chi connectivity index (χ2n) is 5.95. The molecular weight excluding hydrogens is 346 g/mol. The van der Waals surface area contributed by atoms with E-state index < -0.39 is 0 Å². The van der Waals surface area contributed by atoms with Gasteiger partial charge in [-0.3, -0.25) is 4.79 Å². The smallest absolute Gasteiger partial charge is 0.225 e. The molecule has 1 N–H and O–H groups in total. The van der Waals surface area contributed by atoms with E-state index in [1.165, 1.54) is 0 Å². The Balaban J connectivity index is 1.85. The van der Waals surface area contributed by atoms with E-state index in [0.717, 1.165) is 16.7 Å². The zero-order chi connectivity index (χ0) is 18.4. The molecule has 3 aromatic carbocycles. The van der Waals surface area contributed by atoms with Crippen molar-refractivity contribution in [3.05, 3.63) is 101 Å². The van der Waals surface area contributed by atoms with Crippen LogP contribution in [0.2, 0.25) is 5.02 Å². The molecule has 0 spiro atoms. The van der Waals surface area contributed by atoms with Gasteiger partial charge in [0.05, 0.1) is 19.6 Å². The topological polar surface area (TPSA) is 38.3 Å². The lowest BCUT2D eigenvalue weighted by molar-refractivity contribution is -0.121. The second-order valence-corrected chi connectivity index (χ2v) is 6.39. The van der Waals surface area contributed by atoms with Gasteiger partial charge in [0.25, 0.3) is 0 Å². The van der Waals surface area contributed by atoms with Crippen LogP contribution in [0.5, 0.6) is 5.75 Å². The third kappa shape index (κ3) is 4.44. The molecule has 0 aliphatic heterocycles. The highest BCUT2D eigenvalue weighted by atomic mass is 35.5. The zero-order valence-electron chi connectivity index (χ0n) is 14.5. The van der Waals surface area contributed by atoms with Crippen LogP contribution in [0.3, 0.4) is 0 Å². The Labute approximate surface area is 158 Å². The first-order valence-corrected chi connectivity index (χ1v) is 8.77. The Bertz CT molecular complexity index is 880. The Morgan fingerprint density at radius 3 is 2.38 bits per heavy atom. The van der Waals surface area contributed by atoms with Crippen LogP contribution < -0.4 is 10.1 Å². The summed E-state index contributed by atoms with van der Waals surface area (Å²) in [5.41, 5.74) is 2.80. The Morgan fingerprint density at radius 2 is 1.65 bits per heavy atom. The third-order valence-electron chi connectivity index (χ3n) is 4.16. The number of amides is 1. The number of rotatable bonds is 6. The van der Waals surface area contributed by atoms with Gasteiger partial charge >= 0.3 is 0 Å². The van der Waals surface area contributed by atoms with Crippen molar-refractivity contribution in [2.45, 2.75) is 12.5 Å². The molecule has 3 rings (SSSR count). The molecule has 0 saturated carbocycles. The lowest BCUT2D eigenvalue weighted by Gasteiger charge is -2.20. The molecule has 0 aliphatic rings. The molecule has 1 atom stereocenters. The average molecular weight is 366 g/mol. The highest BCUT2D eigenvalue weighted by molar-refractivity contribution is 6.30. The maximum absolute atomic E-state index is 12.7. The number of halogens is 1. The van der Waals surface area contributed by atoms with Crippen LogP contribution in [0.15, 0.2) is 78.9 Å². The van der Waals surface area contributed by atoms with Crippen LogP contribution >= 0.6 is 11.6 Å². The number of methoxy groups -OCH3 is 1. The van der Waals surface area contributed by atoms with Gasteiger partial charge in [-0.1, -0.05) is 72.3 Å². The lowest BCUT2D eigenvalue weighted by atomic mass is 9.98. The number of benzene rings is 3. The minimum atomic E-state index is -0.267. The fraction of sp³-hybridized carbons (Fsp3) is 0.136. The van der Waals surface area contributed by atoms with E-state index in [1.807, 2.05) is 78.9 Å². The molecule has 0 bridgehead atoms. The molecule has 0 aromatic heterocycles. The molecule has 132 valence electrons. The van der Waals surface area contributed by atoms with Crippen LogP contribution in [0.4, 0.5) is 0 Å². The lowest BCUT2D eigenvalue weighted by Crippen LogP contribution is -2.30. The zero-order valence-corrected chi connectivity index (χ0v) is 15.2. The van der Waals surface area contributed by atoms with Gasteiger partial charge in [0, 0.05) is 10.6 Å². The molecule has 0 radical (unpaired) electrons. The van der Waals surface area contributed by atoms with Gasteiger partial charge < -0.3 is 10.1 Å². The van der Waals surface area contributed by atoms with Gasteiger partial charge in [-0.25, -0.2) is 0 Å². The predicted octanol–water partition coefficient (Wildman–Crippen LogP) is 4.80. The summed E-state index contributed by atoms with van der Waals surface area (Å²) in [7, 11) is 1.61. The van der Waals surface area contributed by atoms with Crippen molar-refractivity contribution in [2.24, 2.45) is 0 Å². The summed E-state index contributed by atoms with van der Waals surface area (Å²) < 4.78 is 5.34. The summed E-state index contributed by atoms with van der Waals surface area (Å²) in [5, 5.41) is 3.76. The van der Waals surface area contributed by atoms with Crippen LogP contribution in [0, 0.1) is 0 Å². The Morgan fingerprint density at radius 1 is 0.962 bits per heavy atom. The van der Waals surface area contributed by atoms with Crippen LogP contribution in [0.1, 0.15) is 22.7 Å². The number of hydrogen-bond donors (Lipinski definition) is 1. The number of carbonyl (C=O) groups excluding carboxylic acids is 1. The van der Waals surface area contributed by atoms with Crippen molar-refractivity contribution < 1.29 is 9.53 Å². The molecule has 0 heterocycles. The number of hydrogen-bond acceptors (Lipinski definition) is 2. The normalized spacial score (nSPS) is 11.6. The van der Waals surface area contributed by atoms with Crippen LogP contribution in [-0.4, -0.2) is 13.0 Å². The summed E-state index contributed by atoms with van der Waals surface area (Å²) in [6.45, 7) is 0. The summed E-state index contributed by atoms with van der Waals surface area (Å²) in [4.78, 5) is 12.7. The van der Waals surface area contributed by atoms with Crippen molar-refractivity contribution in [2.75, 3.05) is 7.11 Å². The third-order valence-corrected chi connectivity index (χ3v) is 4.40. The van der Waals surface area contributed by atoms with E-state index in [0.29, 0.717) is 10.8 Å². The van der Waals surface area contributed by atoms with E-state index >= 15 is 0 Å². The average Bonchev–Trinajstić information content (AvgIpc) is 2.67. The van der Waals surface area contributed by atoms with Gasteiger partial charge in [-0.15, -0.1) is 0 Å². The molecule has 0 fully saturated rings. The molecular formula is C22H20ClNO2. The minimum Gasteiger partial charge on any atom is -0.496 e. The van der Waals surface area contributed by atoms with E-state index in [1.54, 1.807) is 7.11 Å². The maximum Gasteiger partial charge on any atom is 0.225 e. The van der Waals surface area contributed by atoms with Gasteiger partial charge in [0.15, 0.2) is 0 Å². The van der Waals surface area contributed by atoms with Crippen molar-refractivity contribution in [3.63, 3.8) is 0 Å². The first kappa shape index (κ1) is 18.0. The summed E-state index contributed by atoms with van der Waals surface area (Å²) in [6.07, 6.45) is 0.244. The monoisotopic (exact) mass is 365 g/mol. The number of nitrogens with one attached hydrogen (secondary N) is 1. The first-order valence-electron chi connectivity index (χ1n) is 8.39. The van der Waals surface area contributed by atoms with Gasteiger partial charge in [0.2, 0.25) is 5.91 Å². The van der Waals surface area contributed by atoms with Gasteiger partial charge in [-0.05, 0) is 29.3 Å². The molecule has 3 nitrogen and oxygen atoms in total. The van der Waals surface area contributed by atoms with Gasteiger partial charge in [-0.2, -0.15) is 0 Å². The molecule has 4 heteroatoms. The quantitative estimate of drug-likeness (QED) is 0.681. The summed E-state index contributed by atoms with van der Waals surface area (Å²) in [6, 6.07) is 24.7. The van der Waals surface area contributed by atoms with E-state index in [-0.39, 0.29) is 18.4 Å². The van der Waals surface area contributed by atoms with Crippen LogP contribution in [-0.2, 0) is 11.2 Å². The fourth-order valence-electron chi connectivity index (χ4n) is 2.92. The minimum absolute atomic E-state index is 0.0803. The molecule has 3 aromatic rings. The summed E-state index contributed by atoms with van der Waals surface area (Å²) >= 11 is 6.15. The van der Waals surface area contributed by atoms with E-state index in [4.69, 9.17) is 16.3 Å². The number of ether oxygens (including phenoxy) is 1. The highest BCUT2D eigenvalue weighted by Gasteiger charge is 2.18. The van der Waals surface area contributed by atoms with Crippen LogP contribution in [0.25, 0.3) is 0 Å². The van der Waals surface area contributed by atoms with Crippen molar-refractivity contribution >= 4 is 17.5 Å².